The second kappa shape index (κ2) is 6.75. The van der Waals surface area contributed by atoms with Crippen LogP contribution >= 0.6 is 0 Å². The molecule has 1 saturated heterocycles. The first-order valence-electron chi connectivity index (χ1n) is 7.37. The zero-order valence-corrected chi connectivity index (χ0v) is 12.3. The van der Waals surface area contributed by atoms with Gasteiger partial charge in [-0.3, -0.25) is 0 Å². The minimum atomic E-state index is 0.373. The maximum absolute atomic E-state index is 5.78. The summed E-state index contributed by atoms with van der Waals surface area (Å²) < 4.78 is 0. The van der Waals surface area contributed by atoms with Crippen molar-refractivity contribution in [2.75, 3.05) is 19.6 Å². The predicted molar refractivity (Wildman–Crippen MR) is 76.1 cm³/mol. The molecule has 0 amide bonds. The summed E-state index contributed by atoms with van der Waals surface area (Å²) in [6.45, 7) is 13.2. The molecule has 0 aromatic rings. The Morgan fingerprint density at radius 2 is 1.71 bits per heavy atom. The van der Waals surface area contributed by atoms with Crippen molar-refractivity contribution >= 4 is 0 Å². The average Bonchev–Trinajstić information content (AvgIpc) is 2.21. The molecular formula is C15H32N2. The van der Waals surface area contributed by atoms with Crippen molar-refractivity contribution in [3.05, 3.63) is 0 Å². The highest BCUT2D eigenvalue weighted by atomic mass is 15.1. The number of rotatable bonds is 6. The Morgan fingerprint density at radius 1 is 1.12 bits per heavy atom. The summed E-state index contributed by atoms with van der Waals surface area (Å²) in [7, 11) is 0. The number of piperidine rings is 1. The van der Waals surface area contributed by atoms with Crippen molar-refractivity contribution in [1.29, 1.82) is 0 Å². The Hall–Kier alpha value is -0.0800. The summed E-state index contributed by atoms with van der Waals surface area (Å²) in [5, 5.41) is 0. The van der Waals surface area contributed by atoms with Crippen LogP contribution in [0.5, 0.6) is 0 Å². The molecule has 1 heterocycles. The fraction of sp³-hybridized carbons (Fsp3) is 1.00. The summed E-state index contributed by atoms with van der Waals surface area (Å²) >= 11 is 0. The lowest BCUT2D eigenvalue weighted by Gasteiger charge is -2.38. The molecule has 2 unspecified atom stereocenters. The lowest BCUT2D eigenvalue weighted by Crippen LogP contribution is -2.39. The molecule has 2 nitrogen and oxygen atoms in total. The van der Waals surface area contributed by atoms with Crippen LogP contribution in [0.25, 0.3) is 0 Å². The van der Waals surface area contributed by atoms with Gasteiger partial charge >= 0.3 is 0 Å². The molecule has 17 heavy (non-hydrogen) atoms. The van der Waals surface area contributed by atoms with E-state index < -0.39 is 0 Å². The molecule has 0 aromatic carbocycles. The van der Waals surface area contributed by atoms with E-state index in [1.807, 2.05) is 0 Å². The van der Waals surface area contributed by atoms with E-state index >= 15 is 0 Å². The first kappa shape index (κ1) is 15.0. The van der Waals surface area contributed by atoms with E-state index in [1.165, 1.54) is 51.7 Å². The molecule has 2 N–H and O–H groups in total. The summed E-state index contributed by atoms with van der Waals surface area (Å²) in [6, 6.07) is 0.373. The Bertz CT molecular complexity index is 201. The molecule has 1 aliphatic rings. The fourth-order valence-electron chi connectivity index (χ4n) is 2.66. The van der Waals surface area contributed by atoms with Crippen LogP contribution in [0.1, 0.15) is 59.8 Å². The van der Waals surface area contributed by atoms with Crippen LogP contribution in [0.3, 0.4) is 0 Å². The van der Waals surface area contributed by atoms with E-state index in [0.29, 0.717) is 11.5 Å². The molecule has 0 radical (unpaired) electrons. The van der Waals surface area contributed by atoms with Gasteiger partial charge < -0.3 is 10.6 Å². The maximum atomic E-state index is 5.78. The van der Waals surface area contributed by atoms with Gasteiger partial charge in [0, 0.05) is 12.6 Å². The van der Waals surface area contributed by atoms with Gasteiger partial charge in [-0.25, -0.2) is 0 Å². The van der Waals surface area contributed by atoms with E-state index in [9.17, 15) is 0 Å². The van der Waals surface area contributed by atoms with Crippen LogP contribution in [-0.2, 0) is 0 Å². The van der Waals surface area contributed by atoms with Crippen molar-refractivity contribution in [2.24, 2.45) is 17.1 Å². The highest BCUT2D eigenvalue weighted by molar-refractivity contribution is 4.79. The molecule has 0 spiro atoms. The molecule has 0 bridgehead atoms. The number of hydrogen-bond acceptors (Lipinski definition) is 2. The minimum Gasteiger partial charge on any atom is -0.328 e. The molecule has 2 heteroatoms. The second-order valence-electron chi connectivity index (χ2n) is 6.98. The monoisotopic (exact) mass is 240 g/mol. The van der Waals surface area contributed by atoms with Crippen LogP contribution in [0.15, 0.2) is 0 Å². The van der Waals surface area contributed by atoms with E-state index in [1.54, 1.807) is 0 Å². The van der Waals surface area contributed by atoms with Gasteiger partial charge in [-0.2, -0.15) is 0 Å². The van der Waals surface area contributed by atoms with Gasteiger partial charge in [0.05, 0.1) is 0 Å². The SMILES string of the molecule is CC(N)CCCC(C)CN1CCC(C)(C)CC1. The summed E-state index contributed by atoms with van der Waals surface area (Å²) in [4.78, 5) is 2.65. The average molecular weight is 240 g/mol. The molecule has 1 rings (SSSR count). The Labute approximate surface area is 108 Å². The Morgan fingerprint density at radius 3 is 2.24 bits per heavy atom. The topological polar surface area (TPSA) is 29.3 Å². The number of hydrogen-bond donors (Lipinski definition) is 1. The molecule has 2 atom stereocenters. The van der Waals surface area contributed by atoms with Gasteiger partial charge in [-0.1, -0.05) is 27.2 Å². The lowest BCUT2D eigenvalue weighted by molar-refractivity contribution is 0.117. The van der Waals surface area contributed by atoms with Crippen molar-refractivity contribution in [3.8, 4) is 0 Å². The van der Waals surface area contributed by atoms with Crippen molar-refractivity contribution < 1.29 is 0 Å². The molecule has 0 saturated carbocycles. The number of nitrogens with zero attached hydrogens (tertiary/aromatic N) is 1. The van der Waals surface area contributed by atoms with Crippen molar-refractivity contribution in [1.82, 2.24) is 4.90 Å². The van der Waals surface area contributed by atoms with Gasteiger partial charge in [-0.15, -0.1) is 0 Å². The summed E-state index contributed by atoms with van der Waals surface area (Å²) in [6.07, 6.45) is 6.52. The maximum Gasteiger partial charge on any atom is 0.00104 e. The minimum absolute atomic E-state index is 0.373. The standard InChI is InChI=1S/C15H32N2/c1-13(6-5-7-14(2)16)12-17-10-8-15(3,4)9-11-17/h13-14H,5-12,16H2,1-4H3. The van der Waals surface area contributed by atoms with Crippen LogP contribution in [-0.4, -0.2) is 30.6 Å². The van der Waals surface area contributed by atoms with Gasteiger partial charge in [0.2, 0.25) is 0 Å². The van der Waals surface area contributed by atoms with E-state index in [-0.39, 0.29) is 0 Å². The number of likely N-dealkylation sites (tertiary alicyclic amines) is 1. The third-order valence-corrected chi connectivity index (χ3v) is 4.14. The highest BCUT2D eigenvalue weighted by Gasteiger charge is 2.25. The normalized spacial score (nSPS) is 24.5. The zero-order chi connectivity index (χ0) is 12.9. The molecule has 1 fully saturated rings. The quantitative estimate of drug-likeness (QED) is 0.772. The highest BCUT2D eigenvalue weighted by Crippen LogP contribution is 2.30. The fourth-order valence-corrected chi connectivity index (χ4v) is 2.66. The third kappa shape index (κ3) is 6.42. The van der Waals surface area contributed by atoms with Gasteiger partial charge in [-0.05, 0) is 57.0 Å². The molecular weight excluding hydrogens is 208 g/mol. The van der Waals surface area contributed by atoms with Crippen LogP contribution in [0.2, 0.25) is 0 Å². The van der Waals surface area contributed by atoms with E-state index in [4.69, 9.17) is 5.73 Å². The van der Waals surface area contributed by atoms with E-state index in [2.05, 4.69) is 32.6 Å². The first-order chi connectivity index (χ1) is 7.89. The predicted octanol–water partition coefficient (Wildman–Crippen LogP) is 3.26. The second-order valence-corrected chi connectivity index (χ2v) is 6.98. The van der Waals surface area contributed by atoms with E-state index in [0.717, 1.165) is 5.92 Å². The Kier molecular flexibility index (Phi) is 5.94. The molecule has 1 aliphatic heterocycles. The van der Waals surface area contributed by atoms with Crippen molar-refractivity contribution in [3.63, 3.8) is 0 Å². The molecule has 0 aromatic heterocycles. The van der Waals surface area contributed by atoms with Gasteiger partial charge in [0.1, 0.15) is 0 Å². The largest absolute Gasteiger partial charge is 0.328 e. The van der Waals surface area contributed by atoms with Gasteiger partial charge in [0.25, 0.3) is 0 Å². The zero-order valence-electron chi connectivity index (χ0n) is 12.3. The third-order valence-electron chi connectivity index (χ3n) is 4.14. The summed E-state index contributed by atoms with van der Waals surface area (Å²) in [5.41, 5.74) is 6.36. The Balaban J connectivity index is 2.13. The van der Waals surface area contributed by atoms with Crippen LogP contribution in [0, 0.1) is 11.3 Å². The molecule has 0 aliphatic carbocycles. The lowest BCUT2D eigenvalue weighted by atomic mass is 9.82. The smallest absolute Gasteiger partial charge is 0.00104 e. The van der Waals surface area contributed by atoms with Crippen LogP contribution < -0.4 is 5.73 Å². The van der Waals surface area contributed by atoms with Crippen molar-refractivity contribution in [2.45, 2.75) is 65.8 Å². The molecule has 102 valence electrons. The summed E-state index contributed by atoms with van der Waals surface area (Å²) in [5.74, 6) is 0.829. The van der Waals surface area contributed by atoms with Crippen LogP contribution in [0.4, 0.5) is 0 Å². The van der Waals surface area contributed by atoms with Gasteiger partial charge in [0.15, 0.2) is 0 Å². The first-order valence-corrected chi connectivity index (χ1v) is 7.37. The number of nitrogens with two attached hydrogens (primary N) is 1.